The molecule has 0 radical (unpaired) electrons. The maximum absolute atomic E-state index is 10.2. The number of hydrogen-bond donors (Lipinski definition) is 1. The van der Waals surface area contributed by atoms with E-state index in [0.717, 1.165) is 5.56 Å². The van der Waals surface area contributed by atoms with Gasteiger partial charge in [-0.15, -0.1) is 0 Å². The first-order valence-corrected chi connectivity index (χ1v) is 5.70. The maximum Gasteiger partial charge on any atom is 0.136 e. The van der Waals surface area contributed by atoms with Crippen molar-refractivity contribution in [3.05, 3.63) is 34.9 Å². The van der Waals surface area contributed by atoms with Crippen molar-refractivity contribution in [2.45, 2.75) is 31.3 Å². The minimum absolute atomic E-state index is 0.450. The molecule has 15 heavy (non-hydrogen) atoms. The van der Waals surface area contributed by atoms with Crippen molar-refractivity contribution < 1.29 is 9.84 Å². The number of hydrogen-bond acceptors (Lipinski definition) is 2. The van der Waals surface area contributed by atoms with Gasteiger partial charge in [-0.3, -0.25) is 0 Å². The molecule has 0 aromatic heterocycles. The minimum Gasteiger partial charge on any atom is -0.380 e. The summed E-state index contributed by atoms with van der Waals surface area (Å²) >= 11 is 0. The van der Waals surface area contributed by atoms with Crippen LogP contribution in [0.4, 0.5) is 0 Å². The van der Waals surface area contributed by atoms with Gasteiger partial charge in [-0.2, -0.15) is 0 Å². The van der Waals surface area contributed by atoms with Crippen LogP contribution in [0.1, 0.15) is 29.5 Å². The molecular formula is C13H16O2. The van der Waals surface area contributed by atoms with Crippen LogP contribution in [0.3, 0.4) is 0 Å². The molecule has 2 heteroatoms. The van der Waals surface area contributed by atoms with Crippen LogP contribution in [-0.2, 0) is 23.2 Å². The van der Waals surface area contributed by atoms with Crippen molar-refractivity contribution in [2.24, 2.45) is 0 Å². The van der Waals surface area contributed by atoms with E-state index in [-0.39, 0.29) is 0 Å². The zero-order valence-corrected chi connectivity index (χ0v) is 8.83. The highest BCUT2D eigenvalue weighted by atomic mass is 16.5. The highest BCUT2D eigenvalue weighted by Crippen LogP contribution is 2.32. The Morgan fingerprint density at radius 2 is 1.80 bits per heavy atom. The minimum atomic E-state index is -0.702. The van der Waals surface area contributed by atoms with E-state index in [4.69, 9.17) is 4.74 Å². The molecule has 0 unspecified atom stereocenters. The fourth-order valence-corrected chi connectivity index (χ4v) is 2.48. The second kappa shape index (κ2) is 3.32. The normalized spacial score (nSPS) is 23.0. The lowest BCUT2D eigenvalue weighted by atomic mass is 9.85. The third kappa shape index (κ3) is 1.48. The number of fused-ring (bicyclic) bond motifs is 1. The zero-order chi connectivity index (χ0) is 10.3. The lowest BCUT2D eigenvalue weighted by molar-refractivity contribution is -0.184. The lowest BCUT2D eigenvalue weighted by Gasteiger charge is -2.37. The van der Waals surface area contributed by atoms with Gasteiger partial charge in [0.15, 0.2) is 0 Å². The molecule has 1 fully saturated rings. The Hall–Kier alpha value is -0.860. The Morgan fingerprint density at radius 3 is 2.47 bits per heavy atom. The molecule has 2 nitrogen and oxygen atoms in total. The quantitative estimate of drug-likeness (QED) is 0.755. The summed E-state index contributed by atoms with van der Waals surface area (Å²) in [5.41, 5.74) is 3.23. The van der Waals surface area contributed by atoms with Gasteiger partial charge in [0, 0.05) is 0 Å². The van der Waals surface area contributed by atoms with Crippen LogP contribution in [0.15, 0.2) is 18.2 Å². The summed E-state index contributed by atoms with van der Waals surface area (Å²) in [6.07, 6.45) is 4.95. The van der Waals surface area contributed by atoms with E-state index in [1.165, 1.54) is 36.8 Å². The third-order valence-corrected chi connectivity index (χ3v) is 3.57. The van der Waals surface area contributed by atoms with E-state index in [1.807, 2.05) is 0 Å². The van der Waals surface area contributed by atoms with Gasteiger partial charge in [-0.25, -0.2) is 0 Å². The predicted octanol–water partition coefficient (Wildman–Crippen LogP) is 1.78. The fourth-order valence-electron chi connectivity index (χ4n) is 2.48. The molecule has 0 atom stereocenters. The Balaban J connectivity index is 1.97. The Bertz CT molecular complexity index is 380. The third-order valence-electron chi connectivity index (χ3n) is 3.57. The first-order chi connectivity index (χ1) is 7.28. The van der Waals surface area contributed by atoms with Gasteiger partial charge in [0.25, 0.3) is 0 Å². The number of ether oxygens (including phenoxy) is 1. The first kappa shape index (κ1) is 9.37. The highest BCUT2D eigenvalue weighted by Gasteiger charge is 2.38. The standard InChI is InChI=1S/C13H16O2/c14-13(8-15-9-13)12-6-5-10-3-1-2-4-11(10)7-12/h5-7,14H,1-4,8-9H2. The van der Waals surface area contributed by atoms with Gasteiger partial charge >= 0.3 is 0 Å². The van der Waals surface area contributed by atoms with Crippen LogP contribution in [0.25, 0.3) is 0 Å². The molecule has 1 heterocycles. The van der Waals surface area contributed by atoms with Gasteiger partial charge in [-0.1, -0.05) is 18.2 Å². The molecule has 0 saturated carbocycles. The van der Waals surface area contributed by atoms with Crippen molar-refractivity contribution in [1.29, 1.82) is 0 Å². The highest BCUT2D eigenvalue weighted by molar-refractivity contribution is 5.37. The summed E-state index contributed by atoms with van der Waals surface area (Å²) in [7, 11) is 0. The predicted molar refractivity (Wildman–Crippen MR) is 57.8 cm³/mol. The second-order valence-electron chi connectivity index (χ2n) is 4.71. The monoisotopic (exact) mass is 204 g/mol. The Morgan fingerprint density at radius 1 is 1.07 bits per heavy atom. The smallest absolute Gasteiger partial charge is 0.136 e. The number of aryl methyl sites for hydroxylation is 2. The molecule has 0 spiro atoms. The first-order valence-electron chi connectivity index (χ1n) is 5.70. The summed E-state index contributed by atoms with van der Waals surface area (Å²) in [4.78, 5) is 0. The van der Waals surface area contributed by atoms with Crippen LogP contribution in [0.5, 0.6) is 0 Å². The van der Waals surface area contributed by atoms with E-state index in [1.54, 1.807) is 0 Å². The van der Waals surface area contributed by atoms with Gasteiger partial charge in [0.05, 0.1) is 13.2 Å². The van der Waals surface area contributed by atoms with Crippen LogP contribution in [0.2, 0.25) is 0 Å². The molecule has 2 aliphatic rings. The molecule has 1 aliphatic heterocycles. The van der Waals surface area contributed by atoms with Gasteiger partial charge < -0.3 is 9.84 Å². The molecule has 0 amide bonds. The van der Waals surface area contributed by atoms with E-state index in [0.29, 0.717) is 13.2 Å². The summed E-state index contributed by atoms with van der Waals surface area (Å²) < 4.78 is 5.09. The molecule has 0 bridgehead atoms. The van der Waals surface area contributed by atoms with Crippen LogP contribution < -0.4 is 0 Å². The molecule has 80 valence electrons. The topological polar surface area (TPSA) is 29.5 Å². The van der Waals surface area contributed by atoms with Crippen molar-refractivity contribution in [2.75, 3.05) is 13.2 Å². The van der Waals surface area contributed by atoms with Crippen LogP contribution in [0, 0.1) is 0 Å². The fraction of sp³-hybridized carbons (Fsp3) is 0.538. The summed E-state index contributed by atoms with van der Waals surface area (Å²) in [6, 6.07) is 6.42. The number of rotatable bonds is 1. The zero-order valence-electron chi connectivity index (χ0n) is 8.83. The molecule has 1 N–H and O–H groups in total. The number of aliphatic hydroxyl groups is 1. The average Bonchev–Trinajstić information content (AvgIpc) is 2.25. The maximum atomic E-state index is 10.2. The largest absolute Gasteiger partial charge is 0.380 e. The van der Waals surface area contributed by atoms with E-state index in [9.17, 15) is 5.11 Å². The second-order valence-corrected chi connectivity index (χ2v) is 4.71. The van der Waals surface area contributed by atoms with Crippen molar-refractivity contribution >= 4 is 0 Å². The van der Waals surface area contributed by atoms with E-state index < -0.39 is 5.60 Å². The molecule has 1 aromatic rings. The molecule has 1 aromatic carbocycles. The molecule has 3 rings (SSSR count). The molecule has 1 saturated heterocycles. The van der Waals surface area contributed by atoms with Crippen molar-refractivity contribution in [3.63, 3.8) is 0 Å². The van der Waals surface area contributed by atoms with Gasteiger partial charge in [-0.05, 0) is 42.4 Å². The lowest BCUT2D eigenvalue weighted by Crippen LogP contribution is -2.46. The number of benzene rings is 1. The molecular weight excluding hydrogens is 188 g/mol. The van der Waals surface area contributed by atoms with Gasteiger partial charge in [0.1, 0.15) is 5.60 Å². The van der Waals surface area contributed by atoms with Crippen LogP contribution in [-0.4, -0.2) is 18.3 Å². The van der Waals surface area contributed by atoms with Gasteiger partial charge in [0.2, 0.25) is 0 Å². The Kier molecular flexibility index (Phi) is 2.08. The van der Waals surface area contributed by atoms with Crippen molar-refractivity contribution in [3.8, 4) is 0 Å². The summed E-state index contributed by atoms with van der Waals surface area (Å²) in [5, 5.41) is 10.2. The van der Waals surface area contributed by atoms with E-state index >= 15 is 0 Å². The SMILES string of the molecule is OC1(c2ccc3c(c2)CCCC3)COC1. The molecule has 1 aliphatic carbocycles. The summed E-state index contributed by atoms with van der Waals surface area (Å²) in [5.74, 6) is 0. The van der Waals surface area contributed by atoms with Crippen LogP contribution >= 0.6 is 0 Å². The summed E-state index contributed by atoms with van der Waals surface area (Å²) in [6.45, 7) is 0.900. The van der Waals surface area contributed by atoms with E-state index in [2.05, 4.69) is 18.2 Å². The average molecular weight is 204 g/mol. The Labute approximate surface area is 89.9 Å². The van der Waals surface area contributed by atoms with Crippen molar-refractivity contribution in [1.82, 2.24) is 0 Å².